The molecular weight excluding hydrogens is 454 g/mol. The lowest BCUT2D eigenvalue weighted by atomic mass is 9.95. The monoisotopic (exact) mass is 476 g/mol. The van der Waals surface area contributed by atoms with E-state index in [0.29, 0.717) is 13.0 Å². The molecule has 0 spiro atoms. The third-order valence-electron chi connectivity index (χ3n) is 6.30. The van der Waals surface area contributed by atoms with Crippen LogP contribution in [0.3, 0.4) is 0 Å². The SMILES string of the molecule is COc1nc(Cl)c(F)c2nc(OC[C@@]34CCCN3C[C@H](F)C4)nc(OCc3ccccc3)c12. The summed E-state index contributed by atoms with van der Waals surface area (Å²) < 4.78 is 46.2. The number of hydrogen-bond donors (Lipinski definition) is 0. The van der Waals surface area contributed by atoms with Crippen molar-refractivity contribution < 1.29 is 23.0 Å². The highest BCUT2D eigenvalue weighted by atomic mass is 35.5. The van der Waals surface area contributed by atoms with Crippen LogP contribution in [0, 0.1) is 5.82 Å². The second kappa shape index (κ2) is 8.87. The number of halogens is 3. The Bertz CT molecular complexity index is 1170. The first kappa shape index (κ1) is 22.0. The minimum atomic E-state index is -0.886. The molecule has 2 aliphatic rings. The fourth-order valence-electron chi connectivity index (χ4n) is 4.75. The second-order valence-electron chi connectivity index (χ2n) is 8.40. The topological polar surface area (TPSA) is 69.6 Å². The van der Waals surface area contributed by atoms with Crippen molar-refractivity contribution >= 4 is 22.5 Å². The minimum Gasteiger partial charge on any atom is -0.480 e. The highest BCUT2D eigenvalue weighted by molar-refractivity contribution is 6.30. The lowest BCUT2D eigenvalue weighted by molar-refractivity contribution is 0.106. The molecule has 0 amide bonds. The Labute approximate surface area is 194 Å². The number of alkyl halides is 1. The maximum absolute atomic E-state index is 14.9. The van der Waals surface area contributed by atoms with Gasteiger partial charge in [0.1, 0.15) is 30.3 Å². The number of aromatic nitrogens is 3. The maximum atomic E-state index is 14.9. The van der Waals surface area contributed by atoms with E-state index in [0.717, 1.165) is 24.9 Å². The molecule has 0 N–H and O–H groups in total. The van der Waals surface area contributed by atoms with Crippen LogP contribution in [0.15, 0.2) is 30.3 Å². The van der Waals surface area contributed by atoms with Crippen molar-refractivity contribution in [2.24, 2.45) is 0 Å². The summed E-state index contributed by atoms with van der Waals surface area (Å²) in [5.41, 5.74) is 0.388. The molecule has 2 atom stereocenters. The summed E-state index contributed by atoms with van der Waals surface area (Å²) in [6.45, 7) is 1.62. The highest BCUT2D eigenvalue weighted by Gasteiger charge is 2.49. The van der Waals surface area contributed by atoms with E-state index in [1.165, 1.54) is 7.11 Å². The zero-order valence-electron chi connectivity index (χ0n) is 18.1. The summed E-state index contributed by atoms with van der Waals surface area (Å²) >= 11 is 5.96. The lowest BCUT2D eigenvalue weighted by Gasteiger charge is -2.30. The van der Waals surface area contributed by atoms with Crippen LogP contribution in [0.1, 0.15) is 24.8 Å². The average Bonchev–Trinajstić information content (AvgIpc) is 3.35. The first-order valence-electron chi connectivity index (χ1n) is 10.8. The van der Waals surface area contributed by atoms with Crippen molar-refractivity contribution in [2.75, 3.05) is 26.8 Å². The molecule has 2 fully saturated rings. The van der Waals surface area contributed by atoms with Crippen molar-refractivity contribution in [1.29, 1.82) is 0 Å². The molecule has 33 heavy (non-hydrogen) atoms. The number of fused-ring (bicyclic) bond motifs is 2. The third kappa shape index (κ3) is 4.15. The quantitative estimate of drug-likeness (QED) is 0.469. The molecule has 0 aliphatic carbocycles. The normalized spacial score (nSPS) is 22.5. The van der Waals surface area contributed by atoms with Gasteiger partial charge in [0.25, 0.3) is 0 Å². The van der Waals surface area contributed by atoms with Crippen molar-refractivity contribution in [2.45, 2.75) is 37.6 Å². The molecular formula is C23H23ClF2N4O3. The number of benzene rings is 1. The molecule has 7 nitrogen and oxygen atoms in total. The summed E-state index contributed by atoms with van der Waals surface area (Å²) in [5, 5.41) is -0.220. The first-order chi connectivity index (χ1) is 16.0. The van der Waals surface area contributed by atoms with Gasteiger partial charge in [-0.05, 0) is 24.9 Å². The van der Waals surface area contributed by atoms with E-state index in [9.17, 15) is 8.78 Å². The largest absolute Gasteiger partial charge is 0.480 e. The van der Waals surface area contributed by atoms with E-state index in [1.54, 1.807) is 0 Å². The van der Waals surface area contributed by atoms with Gasteiger partial charge in [-0.1, -0.05) is 41.9 Å². The van der Waals surface area contributed by atoms with E-state index >= 15 is 0 Å². The zero-order valence-corrected chi connectivity index (χ0v) is 18.8. The van der Waals surface area contributed by atoms with Crippen LogP contribution >= 0.6 is 11.6 Å². The summed E-state index contributed by atoms with van der Waals surface area (Å²) in [7, 11) is 1.39. The summed E-state index contributed by atoms with van der Waals surface area (Å²) in [4.78, 5) is 14.7. The molecule has 5 rings (SSSR count). The van der Waals surface area contributed by atoms with Gasteiger partial charge in [0.15, 0.2) is 11.0 Å². The van der Waals surface area contributed by atoms with Crippen LogP contribution in [0.4, 0.5) is 8.78 Å². The van der Waals surface area contributed by atoms with Gasteiger partial charge in [0, 0.05) is 13.0 Å². The van der Waals surface area contributed by atoms with Gasteiger partial charge in [-0.25, -0.2) is 8.78 Å². The number of nitrogens with zero attached hydrogens (tertiary/aromatic N) is 4. The van der Waals surface area contributed by atoms with E-state index < -0.39 is 17.5 Å². The number of pyridine rings is 1. The van der Waals surface area contributed by atoms with Gasteiger partial charge in [-0.3, -0.25) is 4.90 Å². The van der Waals surface area contributed by atoms with Crippen LogP contribution < -0.4 is 14.2 Å². The van der Waals surface area contributed by atoms with Gasteiger partial charge >= 0.3 is 6.01 Å². The third-order valence-corrected chi connectivity index (χ3v) is 6.55. The molecule has 4 heterocycles. The number of hydrogen-bond acceptors (Lipinski definition) is 7. The molecule has 1 aromatic carbocycles. The molecule has 0 bridgehead atoms. The summed E-state index contributed by atoms with van der Waals surface area (Å²) in [5.74, 6) is -0.716. The Morgan fingerprint density at radius 1 is 1.15 bits per heavy atom. The van der Waals surface area contributed by atoms with E-state index in [-0.39, 0.29) is 47.0 Å². The Balaban J connectivity index is 1.50. The predicted octanol–water partition coefficient (Wildman–Crippen LogP) is 4.36. The lowest BCUT2D eigenvalue weighted by Crippen LogP contribution is -2.43. The smallest absolute Gasteiger partial charge is 0.320 e. The van der Waals surface area contributed by atoms with Gasteiger partial charge in [-0.2, -0.15) is 15.0 Å². The number of methoxy groups -OCH3 is 1. The Kier molecular flexibility index (Phi) is 5.92. The Morgan fingerprint density at radius 2 is 1.97 bits per heavy atom. The molecule has 10 heteroatoms. The summed E-state index contributed by atoms with van der Waals surface area (Å²) in [6, 6.07) is 9.40. The van der Waals surface area contributed by atoms with Crippen LogP contribution in [-0.2, 0) is 6.61 Å². The predicted molar refractivity (Wildman–Crippen MR) is 118 cm³/mol. The maximum Gasteiger partial charge on any atom is 0.320 e. The Hall–Kier alpha value is -2.78. The van der Waals surface area contributed by atoms with Gasteiger partial charge in [0.2, 0.25) is 11.8 Å². The van der Waals surface area contributed by atoms with Crippen molar-refractivity contribution in [3.63, 3.8) is 0 Å². The molecule has 174 valence electrons. The Morgan fingerprint density at radius 3 is 2.76 bits per heavy atom. The van der Waals surface area contributed by atoms with E-state index in [2.05, 4.69) is 19.9 Å². The highest BCUT2D eigenvalue weighted by Crippen LogP contribution is 2.41. The van der Waals surface area contributed by atoms with Crippen LogP contribution in [-0.4, -0.2) is 58.4 Å². The number of rotatable bonds is 7. The fraction of sp³-hybridized carbons (Fsp3) is 0.435. The molecule has 2 aliphatic heterocycles. The van der Waals surface area contributed by atoms with Crippen molar-refractivity contribution in [3.05, 3.63) is 46.9 Å². The van der Waals surface area contributed by atoms with E-state index in [1.807, 2.05) is 30.3 Å². The number of ether oxygens (including phenoxy) is 3. The first-order valence-corrected chi connectivity index (χ1v) is 11.2. The molecule has 3 aromatic rings. The van der Waals surface area contributed by atoms with Gasteiger partial charge < -0.3 is 14.2 Å². The van der Waals surface area contributed by atoms with Crippen molar-refractivity contribution in [3.8, 4) is 17.8 Å². The van der Waals surface area contributed by atoms with Crippen LogP contribution in [0.5, 0.6) is 17.8 Å². The molecule has 0 saturated carbocycles. The molecule has 0 unspecified atom stereocenters. The van der Waals surface area contributed by atoms with Crippen LogP contribution in [0.2, 0.25) is 5.15 Å². The van der Waals surface area contributed by atoms with Gasteiger partial charge in [-0.15, -0.1) is 0 Å². The molecule has 0 radical (unpaired) electrons. The zero-order chi connectivity index (χ0) is 23.0. The standard InChI is InChI=1S/C23H23ClF2N4O3/c1-31-20-16-18(17(26)19(24)28-20)27-22(29-21(16)32-12-14-6-3-2-4-7-14)33-13-23-8-5-9-30(23)11-15(25)10-23/h2-4,6-7,15H,5,8-13H2,1H3/t15-,23+/m1/s1. The van der Waals surface area contributed by atoms with Crippen LogP contribution in [0.25, 0.3) is 10.9 Å². The average molecular weight is 477 g/mol. The molecule has 2 saturated heterocycles. The molecule has 2 aromatic heterocycles. The van der Waals surface area contributed by atoms with E-state index in [4.69, 9.17) is 25.8 Å². The minimum absolute atomic E-state index is 0.0441. The summed E-state index contributed by atoms with van der Waals surface area (Å²) in [6.07, 6.45) is 1.32. The van der Waals surface area contributed by atoms with Crippen molar-refractivity contribution in [1.82, 2.24) is 19.9 Å². The second-order valence-corrected chi connectivity index (χ2v) is 8.76. The van der Waals surface area contributed by atoms with Gasteiger partial charge in [0.05, 0.1) is 12.6 Å². The fourth-order valence-corrected chi connectivity index (χ4v) is 4.92.